The zero-order valence-electron chi connectivity index (χ0n) is 24.6. The normalized spacial score (nSPS) is 17.4. The number of fused-ring (bicyclic) bond motifs is 6. The van der Waals surface area contributed by atoms with Crippen LogP contribution in [0.1, 0.15) is 49.5 Å². The van der Waals surface area contributed by atoms with Gasteiger partial charge in [0.25, 0.3) is 11.8 Å². The fourth-order valence-electron chi connectivity index (χ4n) is 6.57. The second-order valence-electron chi connectivity index (χ2n) is 11.8. The van der Waals surface area contributed by atoms with Gasteiger partial charge in [0, 0.05) is 5.56 Å². The third-order valence-corrected chi connectivity index (χ3v) is 9.93. The van der Waals surface area contributed by atoms with E-state index in [4.69, 9.17) is 9.40 Å². The van der Waals surface area contributed by atoms with E-state index in [-0.39, 0.29) is 17.9 Å². The first-order valence-electron chi connectivity index (χ1n) is 14.5. The van der Waals surface area contributed by atoms with E-state index in [0.29, 0.717) is 32.9 Å². The summed E-state index contributed by atoms with van der Waals surface area (Å²) in [5.41, 5.74) is 5.03. The Morgan fingerprint density at radius 2 is 1.57 bits per heavy atom. The van der Waals surface area contributed by atoms with Gasteiger partial charge in [0.2, 0.25) is 5.76 Å². The molecule has 0 saturated carbocycles. The summed E-state index contributed by atoms with van der Waals surface area (Å²) in [5.74, 6) is -1.08. The Morgan fingerprint density at radius 3 is 2.36 bits per heavy atom. The third-order valence-electron chi connectivity index (χ3n) is 8.93. The standard InChI is InChI=1S/C36H27N3O4S/c1-19-9-12-23(13-10-19)18-38-27-8-6-5-7-25(27)36(34(38)42)30-31(40)24-16-21(3)22(4)17-28(24)43-32(30)33(41)39(36)35-37-26-14-11-20(2)15-29(26)44-35/h5-17H,18H2,1-4H3. The number of hydrogen-bond acceptors (Lipinski definition) is 6. The molecule has 216 valence electrons. The van der Waals surface area contributed by atoms with E-state index in [2.05, 4.69) is 0 Å². The highest BCUT2D eigenvalue weighted by Crippen LogP contribution is 2.55. The van der Waals surface area contributed by atoms with Crippen molar-refractivity contribution >= 4 is 55.2 Å². The molecule has 8 rings (SSSR count). The van der Waals surface area contributed by atoms with Gasteiger partial charge in [-0.05, 0) is 80.3 Å². The zero-order chi connectivity index (χ0) is 30.5. The average Bonchev–Trinajstić information content (AvgIpc) is 3.61. The summed E-state index contributed by atoms with van der Waals surface area (Å²) < 4.78 is 7.19. The Hall–Kier alpha value is -5.08. The number of hydrogen-bond donors (Lipinski definition) is 0. The summed E-state index contributed by atoms with van der Waals surface area (Å²) in [5, 5.41) is 0.668. The molecule has 1 atom stereocenters. The number of para-hydroxylation sites is 1. The zero-order valence-corrected chi connectivity index (χ0v) is 25.4. The minimum atomic E-state index is -1.79. The number of aromatic nitrogens is 1. The van der Waals surface area contributed by atoms with Crippen molar-refractivity contribution in [1.29, 1.82) is 0 Å². The van der Waals surface area contributed by atoms with Crippen molar-refractivity contribution in [3.8, 4) is 0 Å². The number of benzene rings is 4. The first-order valence-corrected chi connectivity index (χ1v) is 15.3. The van der Waals surface area contributed by atoms with Crippen molar-refractivity contribution in [2.45, 2.75) is 39.8 Å². The van der Waals surface area contributed by atoms with Gasteiger partial charge >= 0.3 is 0 Å². The van der Waals surface area contributed by atoms with Gasteiger partial charge < -0.3 is 9.32 Å². The van der Waals surface area contributed by atoms with Gasteiger partial charge in [0.15, 0.2) is 16.1 Å². The van der Waals surface area contributed by atoms with E-state index in [9.17, 15) is 9.59 Å². The van der Waals surface area contributed by atoms with Crippen LogP contribution in [0.25, 0.3) is 21.2 Å². The van der Waals surface area contributed by atoms with E-state index in [1.807, 2.05) is 94.4 Å². The molecule has 2 aliphatic rings. The van der Waals surface area contributed by atoms with E-state index >= 15 is 4.79 Å². The van der Waals surface area contributed by atoms with Crippen LogP contribution in [0.15, 0.2) is 88.1 Å². The lowest BCUT2D eigenvalue weighted by atomic mass is 9.84. The van der Waals surface area contributed by atoms with Crippen LogP contribution >= 0.6 is 11.3 Å². The van der Waals surface area contributed by atoms with E-state index in [1.165, 1.54) is 16.2 Å². The van der Waals surface area contributed by atoms with E-state index in [1.54, 1.807) is 17.0 Å². The van der Waals surface area contributed by atoms with Crippen molar-refractivity contribution in [2.24, 2.45) is 0 Å². The molecule has 1 unspecified atom stereocenters. The topological polar surface area (TPSA) is 83.7 Å². The number of anilines is 2. The molecule has 2 aromatic heterocycles. The number of thiazole rings is 1. The lowest BCUT2D eigenvalue weighted by molar-refractivity contribution is -0.121. The average molecular weight is 598 g/mol. The molecule has 4 heterocycles. The molecular formula is C36H27N3O4S. The Morgan fingerprint density at radius 1 is 0.841 bits per heavy atom. The molecule has 0 bridgehead atoms. The molecule has 7 nitrogen and oxygen atoms in total. The summed E-state index contributed by atoms with van der Waals surface area (Å²) >= 11 is 1.32. The Labute approximate surface area is 257 Å². The molecular weight excluding hydrogens is 570 g/mol. The fourth-order valence-corrected chi connectivity index (χ4v) is 7.68. The van der Waals surface area contributed by atoms with E-state index in [0.717, 1.165) is 32.5 Å². The van der Waals surface area contributed by atoms with Crippen molar-refractivity contribution in [1.82, 2.24) is 4.98 Å². The van der Waals surface area contributed by atoms with Crippen LogP contribution in [0.3, 0.4) is 0 Å². The lowest BCUT2D eigenvalue weighted by Crippen LogP contribution is -2.53. The van der Waals surface area contributed by atoms with Gasteiger partial charge in [-0.2, -0.15) is 0 Å². The predicted octanol–water partition coefficient (Wildman–Crippen LogP) is 7.09. The van der Waals surface area contributed by atoms with E-state index < -0.39 is 22.8 Å². The monoisotopic (exact) mass is 597 g/mol. The van der Waals surface area contributed by atoms with Gasteiger partial charge in [0.1, 0.15) is 5.58 Å². The van der Waals surface area contributed by atoms with Crippen molar-refractivity contribution < 1.29 is 14.0 Å². The molecule has 8 heteroatoms. The summed E-state index contributed by atoms with van der Waals surface area (Å²) in [6, 6.07) is 24.8. The van der Waals surface area contributed by atoms with Crippen molar-refractivity contribution in [3.63, 3.8) is 0 Å². The summed E-state index contributed by atoms with van der Waals surface area (Å²) in [7, 11) is 0. The molecule has 6 aromatic rings. The van der Waals surface area contributed by atoms with Crippen LogP contribution in [0.2, 0.25) is 0 Å². The van der Waals surface area contributed by atoms with Crippen LogP contribution in [0.5, 0.6) is 0 Å². The maximum absolute atomic E-state index is 15.2. The largest absolute Gasteiger partial charge is 0.450 e. The Balaban J connectivity index is 1.45. The maximum Gasteiger partial charge on any atom is 0.297 e. The minimum absolute atomic E-state index is 0.0394. The molecule has 0 radical (unpaired) electrons. The SMILES string of the molecule is Cc1ccc(CN2C(=O)C3(c4ccccc42)c2c(oc4cc(C)c(C)cc4c2=O)C(=O)N3c2nc3ccc(C)cc3s2)cc1. The first kappa shape index (κ1) is 26.5. The quantitative estimate of drug-likeness (QED) is 0.218. The molecule has 44 heavy (non-hydrogen) atoms. The predicted molar refractivity (Wildman–Crippen MR) is 173 cm³/mol. The summed E-state index contributed by atoms with van der Waals surface area (Å²) in [4.78, 5) is 52.3. The molecule has 2 amide bonds. The van der Waals surface area contributed by atoms with Gasteiger partial charge in [-0.25, -0.2) is 4.98 Å². The molecule has 4 aromatic carbocycles. The number of carbonyl (C=O) groups is 2. The second-order valence-corrected chi connectivity index (χ2v) is 12.8. The van der Waals surface area contributed by atoms with Gasteiger partial charge in [-0.15, -0.1) is 0 Å². The Bertz CT molecular complexity index is 2280. The highest BCUT2D eigenvalue weighted by molar-refractivity contribution is 7.22. The van der Waals surface area contributed by atoms with Gasteiger partial charge in [-0.3, -0.25) is 19.3 Å². The van der Waals surface area contributed by atoms with Gasteiger partial charge in [0.05, 0.1) is 33.4 Å². The Kier molecular flexibility index (Phi) is 5.55. The highest BCUT2D eigenvalue weighted by Gasteiger charge is 2.66. The molecule has 0 N–H and O–H groups in total. The summed E-state index contributed by atoms with van der Waals surface area (Å²) in [6.07, 6.45) is 0. The first-order chi connectivity index (χ1) is 21.2. The molecule has 0 aliphatic carbocycles. The molecule has 2 aliphatic heterocycles. The fraction of sp³-hybridized carbons (Fsp3) is 0.167. The van der Waals surface area contributed by atoms with Crippen molar-refractivity contribution in [3.05, 3.63) is 134 Å². The highest BCUT2D eigenvalue weighted by atomic mass is 32.1. The number of rotatable bonds is 3. The van der Waals surface area contributed by atoms with Crippen LogP contribution in [-0.4, -0.2) is 16.8 Å². The van der Waals surface area contributed by atoms with Crippen LogP contribution in [0.4, 0.5) is 10.8 Å². The van der Waals surface area contributed by atoms with Crippen LogP contribution < -0.4 is 15.2 Å². The van der Waals surface area contributed by atoms with Gasteiger partial charge in [-0.1, -0.05) is 65.4 Å². The minimum Gasteiger partial charge on any atom is -0.450 e. The second kappa shape index (κ2) is 9.21. The summed E-state index contributed by atoms with van der Waals surface area (Å²) in [6.45, 7) is 8.14. The molecule has 1 spiro atoms. The van der Waals surface area contributed by atoms with Crippen molar-refractivity contribution in [2.75, 3.05) is 9.80 Å². The van der Waals surface area contributed by atoms with Crippen LogP contribution in [-0.2, 0) is 16.9 Å². The van der Waals surface area contributed by atoms with Crippen LogP contribution in [0, 0.1) is 27.7 Å². The lowest BCUT2D eigenvalue weighted by Gasteiger charge is -2.32. The number of aryl methyl sites for hydroxylation is 4. The third kappa shape index (κ3) is 3.48. The molecule has 0 fully saturated rings. The number of nitrogens with zero attached hydrogens (tertiary/aromatic N) is 3. The molecule has 0 saturated heterocycles. The smallest absolute Gasteiger partial charge is 0.297 e. The number of carbonyl (C=O) groups excluding carboxylic acids is 2. The maximum atomic E-state index is 15.2. The number of amides is 2.